The largest absolute Gasteiger partial charge is 0.487 e. The molecule has 0 radical (unpaired) electrons. The number of carbonyl (C=O) groups excluding carboxylic acids is 1. The minimum absolute atomic E-state index is 0.00706. The molecule has 0 aromatic heterocycles. The van der Waals surface area contributed by atoms with Crippen molar-refractivity contribution in [1.29, 1.82) is 0 Å². The van der Waals surface area contributed by atoms with Crippen molar-refractivity contribution in [3.63, 3.8) is 0 Å². The van der Waals surface area contributed by atoms with Crippen molar-refractivity contribution in [3.05, 3.63) is 65.2 Å². The molecule has 2 aromatic carbocycles. The molecular formula is C21H25NO2. The second kappa shape index (κ2) is 6.68. The van der Waals surface area contributed by atoms with Crippen LogP contribution < -0.4 is 10.1 Å². The first-order valence-electron chi connectivity index (χ1n) is 8.56. The fourth-order valence-corrected chi connectivity index (χ4v) is 3.26. The summed E-state index contributed by atoms with van der Waals surface area (Å²) < 4.78 is 6.09. The van der Waals surface area contributed by atoms with Gasteiger partial charge in [0.05, 0.1) is 6.04 Å². The number of aryl methyl sites for hydroxylation is 2. The molecule has 1 N–H and O–H groups in total. The van der Waals surface area contributed by atoms with E-state index in [-0.39, 0.29) is 17.6 Å². The summed E-state index contributed by atoms with van der Waals surface area (Å²) >= 11 is 0. The molecule has 0 bridgehead atoms. The Balaban J connectivity index is 1.69. The lowest BCUT2D eigenvalue weighted by molar-refractivity contribution is -0.122. The van der Waals surface area contributed by atoms with E-state index in [9.17, 15) is 4.79 Å². The highest BCUT2D eigenvalue weighted by atomic mass is 16.5. The summed E-state index contributed by atoms with van der Waals surface area (Å²) in [6, 6.07) is 16.3. The van der Waals surface area contributed by atoms with Gasteiger partial charge in [-0.15, -0.1) is 0 Å². The molecule has 3 rings (SSSR count). The van der Waals surface area contributed by atoms with Gasteiger partial charge in [-0.2, -0.15) is 0 Å². The molecule has 0 saturated carbocycles. The maximum atomic E-state index is 12.4. The molecule has 0 aliphatic carbocycles. The van der Waals surface area contributed by atoms with Gasteiger partial charge in [-0.25, -0.2) is 0 Å². The lowest BCUT2D eigenvalue weighted by Gasteiger charge is -2.38. The van der Waals surface area contributed by atoms with E-state index in [1.807, 2.05) is 18.2 Å². The van der Waals surface area contributed by atoms with Crippen LogP contribution in [0.1, 0.15) is 49.4 Å². The molecule has 0 saturated heterocycles. The second-order valence-corrected chi connectivity index (χ2v) is 7.21. The number of nitrogens with one attached hydrogen (secondary N) is 1. The van der Waals surface area contributed by atoms with Crippen molar-refractivity contribution in [2.75, 3.05) is 0 Å². The maximum Gasteiger partial charge on any atom is 0.220 e. The van der Waals surface area contributed by atoms with Gasteiger partial charge in [-0.05, 0) is 44.4 Å². The first kappa shape index (κ1) is 16.6. The minimum Gasteiger partial charge on any atom is -0.487 e. The van der Waals surface area contributed by atoms with Crippen molar-refractivity contribution < 1.29 is 9.53 Å². The fourth-order valence-electron chi connectivity index (χ4n) is 3.26. The van der Waals surface area contributed by atoms with Crippen LogP contribution in [0.3, 0.4) is 0 Å². The van der Waals surface area contributed by atoms with Crippen molar-refractivity contribution in [2.45, 2.75) is 51.7 Å². The highest BCUT2D eigenvalue weighted by Crippen LogP contribution is 2.39. The molecule has 0 spiro atoms. The van der Waals surface area contributed by atoms with Gasteiger partial charge < -0.3 is 10.1 Å². The van der Waals surface area contributed by atoms with Crippen molar-refractivity contribution in [1.82, 2.24) is 5.32 Å². The summed E-state index contributed by atoms with van der Waals surface area (Å²) in [7, 11) is 0. The number of fused-ring (bicyclic) bond motifs is 1. The number of ether oxygens (including phenoxy) is 1. The molecule has 3 nitrogen and oxygen atoms in total. The van der Waals surface area contributed by atoms with Gasteiger partial charge in [0, 0.05) is 18.4 Å². The Kier molecular flexibility index (Phi) is 4.61. The molecule has 126 valence electrons. The van der Waals surface area contributed by atoms with Gasteiger partial charge in [-0.1, -0.05) is 42.5 Å². The monoisotopic (exact) mass is 323 g/mol. The molecule has 1 heterocycles. The van der Waals surface area contributed by atoms with E-state index in [2.05, 4.69) is 56.4 Å². The second-order valence-electron chi connectivity index (χ2n) is 7.21. The fraction of sp³-hybridized carbons (Fsp3) is 0.381. The Hall–Kier alpha value is -2.29. The van der Waals surface area contributed by atoms with E-state index in [0.29, 0.717) is 6.42 Å². The van der Waals surface area contributed by atoms with E-state index >= 15 is 0 Å². The topological polar surface area (TPSA) is 38.3 Å². The summed E-state index contributed by atoms with van der Waals surface area (Å²) in [5, 5.41) is 3.20. The van der Waals surface area contributed by atoms with E-state index in [0.717, 1.165) is 24.2 Å². The normalized spacial score (nSPS) is 18.4. The predicted octanol–water partition coefficient (Wildman–Crippen LogP) is 4.35. The third-order valence-electron chi connectivity index (χ3n) is 4.45. The number of amides is 1. The average molecular weight is 323 g/mol. The van der Waals surface area contributed by atoms with Crippen LogP contribution >= 0.6 is 0 Å². The molecule has 1 aliphatic rings. The lowest BCUT2D eigenvalue weighted by Crippen LogP contribution is -2.41. The van der Waals surface area contributed by atoms with Crippen LogP contribution in [0, 0.1) is 6.92 Å². The summed E-state index contributed by atoms with van der Waals surface area (Å²) in [4.78, 5) is 12.4. The van der Waals surface area contributed by atoms with Crippen LogP contribution in [0.25, 0.3) is 0 Å². The average Bonchev–Trinajstić information content (AvgIpc) is 2.52. The van der Waals surface area contributed by atoms with Gasteiger partial charge in [0.1, 0.15) is 11.4 Å². The number of hydrogen-bond donors (Lipinski definition) is 1. The zero-order chi connectivity index (χ0) is 17.2. The van der Waals surface area contributed by atoms with Crippen molar-refractivity contribution in [2.24, 2.45) is 0 Å². The van der Waals surface area contributed by atoms with Crippen LogP contribution in [0.5, 0.6) is 5.75 Å². The Morgan fingerprint density at radius 3 is 2.71 bits per heavy atom. The standard InChI is InChI=1S/C21H25NO2/c1-15-9-11-17-18(14-21(2,3)24-19(17)13-15)22-20(23)12-10-16-7-5-4-6-8-16/h4-9,11,13,18H,10,12,14H2,1-3H3,(H,22,23)/t18-/m0/s1. The first-order valence-corrected chi connectivity index (χ1v) is 8.56. The third-order valence-corrected chi connectivity index (χ3v) is 4.45. The Morgan fingerprint density at radius 2 is 1.96 bits per heavy atom. The summed E-state index contributed by atoms with van der Waals surface area (Å²) in [6.45, 7) is 6.20. The zero-order valence-corrected chi connectivity index (χ0v) is 14.6. The molecule has 3 heteroatoms. The molecular weight excluding hydrogens is 298 g/mol. The van der Waals surface area contributed by atoms with Crippen molar-refractivity contribution in [3.8, 4) is 5.75 Å². The number of hydrogen-bond acceptors (Lipinski definition) is 2. The highest BCUT2D eigenvalue weighted by molar-refractivity contribution is 5.77. The predicted molar refractivity (Wildman–Crippen MR) is 96.1 cm³/mol. The van der Waals surface area contributed by atoms with Crippen molar-refractivity contribution >= 4 is 5.91 Å². The van der Waals surface area contributed by atoms with Gasteiger partial charge >= 0.3 is 0 Å². The molecule has 1 atom stereocenters. The van der Waals surface area contributed by atoms with Crippen LogP contribution in [0.4, 0.5) is 0 Å². The smallest absolute Gasteiger partial charge is 0.220 e. The lowest BCUT2D eigenvalue weighted by atomic mass is 9.89. The molecule has 0 unspecified atom stereocenters. The minimum atomic E-state index is -0.280. The SMILES string of the molecule is Cc1ccc2c(c1)OC(C)(C)C[C@@H]2NC(=O)CCc1ccccc1. The van der Waals surface area contributed by atoms with E-state index in [4.69, 9.17) is 4.74 Å². The first-order chi connectivity index (χ1) is 11.4. The molecule has 1 amide bonds. The molecule has 1 aliphatic heterocycles. The van der Waals surface area contributed by atoms with Crippen LogP contribution in [-0.4, -0.2) is 11.5 Å². The zero-order valence-electron chi connectivity index (χ0n) is 14.6. The van der Waals surface area contributed by atoms with Gasteiger partial charge in [0.15, 0.2) is 0 Å². The van der Waals surface area contributed by atoms with E-state index in [1.54, 1.807) is 0 Å². The van der Waals surface area contributed by atoms with Gasteiger partial charge in [-0.3, -0.25) is 4.79 Å². The summed E-state index contributed by atoms with van der Waals surface area (Å²) in [5.41, 5.74) is 3.16. The number of rotatable bonds is 4. The highest BCUT2D eigenvalue weighted by Gasteiger charge is 2.34. The van der Waals surface area contributed by atoms with E-state index < -0.39 is 0 Å². The van der Waals surface area contributed by atoms with Gasteiger partial charge in [0.2, 0.25) is 5.91 Å². The van der Waals surface area contributed by atoms with E-state index in [1.165, 1.54) is 11.1 Å². The quantitative estimate of drug-likeness (QED) is 0.908. The summed E-state index contributed by atoms with van der Waals surface area (Å²) in [5.74, 6) is 0.979. The maximum absolute atomic E-state index is 12.4. The Bertz CT molecular complexity index is 722. The number of benzene rings is 2. The Morgan fingerprint density at radius 1 is 1.21 bits per heavy atom. The van der Waals surface area contributed by atoms with Crippen LogP contribution in [0.2, 0.25) is 0 Å². The van der Waals surface area contributed by atoms with Gasteiger partial charge in [0.25, 0.3) is 0 Å². The Labute approximate surface area is 144 Å². The number of carbonyl (C=O) groups is 1. The third kappa shape index (κ3) is 3.97. The molecule has 0 fully saturated rings. The summed E-state index contributed by atoms with van der Waals surface area (Å²) in [6.07, 6.45) is 2.04. The molecule has 2 aromatic rings. The van der Waals surface area contributed by atoms with Crippen LogP contribution in [0.15, 0.2) is 48.5 Å². The molecule has 24 heavy (non-hydrogen) atoms. The van der Waals surface area contributed by atoms with Crippen LogP contribution in [-0.2, 0) is 11.2 Å².